The average molecular weight is 563 g/mol. The Kier molecular flexibility index (Phi) is 5.47. The second-order valence-corrected chi connectivity index (χ2v) is 11.1. The number of hydrogen-bond acceptors (Lipinski definition) is 2. The van der Waals surface area contributed by atoms with E-state index in [1.165, 1.54) is 43.6 Å². The molecule has 0 saturated heterocycles. The van der Waals surface area contributed by atoms with Crippen molar-refractivity contribution in [3.05, 3.63) is 158 Å². The number of fused-ring (bicyclic) bond motifs is 7. The van der Waals surface area contributed by atoms with Crippen molar-refractivity contribution < 1.29 is 0 Å². The van der Waals surface area contributed by atoms with E-state index >= 15 is 0 Å². The number of benzene rings is 5. The van der Waals surface area contributed by atoms with Crippen LogP contribution in [0.4, 0.5) is 0 Å². The van der Waals surface area contributed by atoms with Crippen LogP contribution in [0, 0.1) is 0 Å². The van der Waals surface area contributed by atoms with Crippen molar-refractivity contribution in [1.82, 2.24) is 19.1 Å². The van der Waals surface area contributed by atoms with Crippen LogP contribution in [-0.2, 0) is 0 Å². The van der Waals surface area contributed by atoms with Crippen molar-refractivity contribution in [2.75, 3.05) is 0 Å². The Morgan fingerprint density at radius 1 is 0.386 bits per heavy atom. The first kappa shape index (κ1) is 24.6. The summed E-state index contributed by atoms with van der Waals surface area (Å²) in [6, 6.07) is 47.9. The second-order valence-electron chi connectivity index (χ2n) is 11.1. The van der Waals surface area contributed by atoms with E-state index in [1.807, 2.05) is 24.8 Å². The molecule has 0 fully saturated rings. The Labute approximate surface area is 254 Å². The van der Waals surface area contributed by atoms with Gasteiger partial charge in [-0.15, -0.1) is 0 Å². The predicted molar refractivity (Wildman–Crippen MR) is 182 cm³/mol. The summed E-state index contributed by atoms with van der Waals surface area (Å²) < 4.78 is 4.90. The zero-order valence-corrected chi connectivity index (χ0v) is 23.8. The minimum Gasteiger partial charge on any atom is -0.307 e. The van der Waals surface area contributed by atoms with Gasteiger partial charge in [0.25, 0.3) is 0 Å². The number of rotatable bonds is 4. The number of para-hydroxylation sites is 3. The van der Waals surface area contributed by atoms with Crippen LogP contribution in [0.2, 0.25) is 0 Å². The van der Waals surface area contributed by atoms with E-state index in [2.05, 4.69) is 153 Å². The van der Waals surface area contributed by atoms with Crippen molar-refractivity contribution in [1.29, 1.82) is 0 Å². The zero-order valence-electron chi connectivity index (χ0n) is 23.8. The fraction of sp³-hybridized carbons (Fsp3) is 0. The average Bonchev–Trinajstić information content (AvgIpc) is 3.62. The summed E-state index contributed by atoms with van der Waals surface area (Å²) in [4.78, 5) is 8.58. The molecule has 0 atom stereocenters. The van der Waals surface area contributed by atoms with Gasteiger partial charge in [0, 0.05) is 57.6 Å². The van der Waals surface area contributed by atoms with E-state index in [1.54, 1.807) is 0 Å². The first-order valence-corrected chi connectivity index (χ1v) is 14.8. The minimum atomic E-state index is 1.12. The molecule has 9 rings (SSSR count). The Hall–Kier alpha value is -6.00. The van der Waals surface area contributed by atoms with Crippen molar-refractivity contribution in [2.24, 2.45) is 0 Å². The standard InChI is InChI=1S/C40H26N4/c1-2-8-30(9-3-1)43-36-12-6-4-10-31(36)33-15-16-34-32-11-5-7-13-37(32)44(40(34)39(33)43)38-17-14-29(27-18-22-41-23-19-27)26-35(38)28-20-24-42-25-21-28/h1-26H. The maximum atomic E-state index is 4.34. The van der Waals surface area contributed by atoms with E-state index in [-0.39, 0.29) is 0 Å². The first-order chi connectivity index (χ1) is 21.9. The fourth-order valence-corrected chi connectivity index (χ4v) is 6.81. The summed E-state index contributed by atoms with van der Waals surface area (Å²) in [6.07, 6.45) is 7.44. The van der Waals surface area contributed by atoms with Gasteiger partial charge in [0.1, 0.15) is 0 Å². The second kappa shape index (κ2) is 9.79. The third kappa shape index (κ3) is 3.64. The largest absolute Gasteiger partial charge is 0.307 e. The monoisotopic (exact) mass is 562 g/mol. The highest BCUT2D eigenvalue weighted by Crippen LogP contribution is 2.43. The summed E-state index contributed by atoms with van der Waals surface area (Å²) >= 11 is 0. The van der Waals surface area contributed by atoms with Crippen molar-refractivity contribution in [3.8, 4) is 33.6 Å². The van der Waals surface area contributed by atoms with Crippen LogP contribution in [0.15, 0.2) is 158 Å². The lowest BCUT2D eigenvalue weighted by Gasteiger charge is -2.17. The van der Waals surface area contributed by atoms with Gasteiger partial charge in [0.15, 0.2) is 0 Å². The van der Waals surface area contributed by atoms with Gasteiger partial charge in [0.2, 0.25) is 0 Å². The number of aromatic nitrogens is 4. The van der Waals surface area contributed by atoms with Gasteiger partial charge >= 0.3 is 0 Å². The van der Waals surface area contributed by atoms with E-state index in [0.29, 0.717) is 0 Å². The zero-order chi connectivity index (χ0) is 29.0. The Morgan fingerprint density at radius 2 is 0.932 bits per heavy atom. The molecule has 5 aromatic carbocycles. The van der Waals surface area contributed by atoms with E-state index in [4.69, 9.17) is 0 Å². The third-order valence-corrected chi connectivity index (χ3v) is 8.73. The lowest BCUT2D eigenvalue weighted by molar-refractivity contribution is 1.15. The summed E-state index contributed by atoms with van der Waals surface area (Å²) in [5.74, 6) is 0. The number of pyridine rings is 2. The molecule has 0 saturated carbocycles. The van der Waals surface area contributed by atoms with Crippen LogP contribution >= 0.6 is 0 Å². The summed E-state index contributed by atoms with van der Waals surface area (Å²) in [5, 5.41) is 4.94. The van der Waals surface area contributed by atoms with E-state index in [0.717, 1.165) is 33.6 Å². The van der Waals surface area contributed by atoms with Gasteiger partial charge in [-0.3, -0.25) is 9.97 Å². The quantitative estimate of drug-likeness (QED) is 0.214. The lowest BCUT2D eigenvalue weighted by atomic mass is 9.98. The normalized spacial score (nSPS) is 11.6. The van der Waals surface area contributed by atoms with Gasteiger partial charge in [-0.05, 0) is 77.4 Å². The Morgan fingerprint density at radius 3 is 1.59 bits per heavy atom. The molecule has 0 N–H and O–H groups in total. The Bertz CT molecular complexity index is 2470. The molecule has 4 aromatic heterocycles. The van der Waals surface area contributed by atoms with Crippen molar-refractivity contribution in [3.63, 3.8) is 0 Å². The molecule has 0 aliphatic rings. The van der Waals surface area contributed by atoms with Crippen LogP contribution in [0.3, 0.4) is 0 Å². The molecule has 206 valence electrons. The van der Waals surface area contributed by atoms with Gasteiger partial charge in [0.05, 0.1) is 27.8 Å². The minimum absolute atomic E-state index is 1.12. The molecule has 4 heterocycles. The van der Waals surface area contributed by atoms with Crippen LogP contribution in [0.25, 0.3) is 77.2 Å². The van der Waals surface area contributed by atoms with Gasteiger partial charge in [-0.1, -0.05) is 72.8 Å². The molecule has 0 aliphatic heterocycles. The SMILES string of the molecule is c1ccc(-n2c3ccccc3c3ccc4c5ccccc5n(-c5ccc(-c6ccncc6)cc5-c5ccncc5)c4c32)cc1. The maximum absolute atomic E-state index is 4.34. The summed E-state index contributed by atoms with van der Waals surface area (Å²) in [6.45, 7) is 0. The smallest absolute Gasteiger partial charge is 0.0789 e. The molecule has 44 heavy (non-hydrogen) atoms. The molecular weight excluding hydrogens is 536 g/mol. The molecule has 0 amide bonds. The van der Waals surface area contributed by atoms with Gasteiger partial charge < -0.3 is 9.13 Å². The highest BCUT2D eigenvalue weighted by molar-refractivity contribution is 6.24. The van der Waals surface area contributed by atoms with E-state index in [9.17, 15) is 0 Å². The summed E-state index contributed by atoms with van der Waals surface area (Å²) in [5.41, 5.74) is 11.6. The molecule has 0 aliphatic carbocycles. The molecule has 4 nitrogen and oxygen atoms in total. The van der Waals surface area contributed by atoms with Crippen molar-refractivity contribution >= 4 is 43.6 Å². The number of nitrogens with zero attached hydrogens (tertiary/aromatic N) is 4. The highest BCUT2D eigenvalue weighted by atomic mass is 15.0. The van der Waals surface area contributed by atoms with Crippen LogP contribution in [-0.4, -0.2) is 19.1 Å². The first-order valence-electron chi connectivity index (χ1n) is 14.8. The van der Waals surface area contributed by atoms with Gasteiger partial charge in [-0.25, -0.2) is 0 Å². The van der Waals surface area contributed by atoms with Crippen LogP contribution in [0.5, 0.6) is 0 Å². The molecule has 0 spiro atoms. The Balaban J connectivity index is 1.48. The molecule has 0 radical (unpaired) electrons. The van der Waals surface area contributed by atoms with Crippen LogP contribution < -0.4 is 0 Å². The third-order valence-electron chi connectivity index (χ3n) is 8.73. The topological polar surface area (TPSA) is 35.6 Å². The van der Waals surface area contributed by atoms with Crippen molar-refractivity contribution in [2.45, 2.75) is 0 Å². The fourth-order valence-electron chi connectivity index (χ4n) is 6.81. The van der Waals surface area contributed by atoms with Crippen LogP contribution in [0.1, 0.15) is 0 Å². The van der Waals surface area contributed by atoms with Gasteiger partial charge in [-0.2, -0.15) is 0 Å². The molecular formula is C40H26N4. The predicted octanol–water partition coefficient (Wildman–Crippen LogP) is 10.0. The molecule has 9 aromatic rings. The number of hydrogen-bond donors (Lipinski definition) is 0. The van der Waals surface area contributed by atoms with E-state index < -0.39 is 0 Å². The maximum Gasteiger partial charge on any atom is 0.0789 e. The molecule has 0 bridgehead atoms. The molecule has 4 heteroatoms. The highest BCUT2D eigenvalue weighted by Gasteiger charge is 2.22. The summed E-state index contributed by atoms with van der Waals surface area (Å²) in [7, 11) is 0. The lowest BCUT2D eigenvalue weighted by Crippen LogP contribution is -2.01. The molecule has 0 unspecified atom stereocenters.